The van der Waals surface area contributed by atoms with E-state index < -0.39 is 37.1 Å². The van der Waals surface area contributed by atoms with Gasteiger partial charge in [0.15, 0.2) is 0 Å². The van der Waals surface area contributed by atoms with Crippen molar-refractivity contribution in [1.82, 2.24) is 4.98 Å². The number of amides is 1. The summed E-state index contributed by atoms with van der Waals surface area (Å²) in [6, 6.07) is 2.74. The van der Waals surface area contributed by atoms with Crippen LogP contribution < -0.4 is 10.4 Å². The van der Waals surface area contributed by atoms with Crippen molar-refractivity contribution in [2.45, 2.75) is 45.1 Å². The van der Waals surface area contributed by atoms with Gasteiger partial charge >= 0.3 is 19.4 Å². The van der Waals surface area contributed by atoms with Crippen LogP contribution in [0.3, 0.4) is 0 Å². The van der Waals surface area contributed by atoms with E-state index in [1.165, 1.54) is 18.3 Å². The molecule has 1 aromatic heterocycles. The molecule has 10 heteroatoms. The van der Waals surface area contributed by atoms with E-state index in [0.717, 1.165) is 0 Å². The summed E-state index contributed by atoms with van der Waals surface area (Å²) in [6.45, 7) is 5.69. The van der Waals surface area contributed by atoms with Gasteiger partial charge in [-0.3, -0.25) is 4.90 Å². The second-order valence-corrected chi connectivity index (χ2v) is 6.52. The van der Waals surface area contributed by atoms with E-state index in [2.05, 4.69) is 4.98 Å². The van der Waals surface area contributed by atoms with Gasteiger partial charge in [-0.2, -0.15) is 13.2 Å². The molecule has 1 aliphatic heterocycles. The van der Waals surface area contributed by atoms with Crippen LogP contribution in [-0.2, 0) is 9.31 Å². The zero-order chi connectivity index (χ0) is 18.3. The normalized spacial score (nSPS) is 19.4. The van der Waals surface area contributed by atoms with Gasteiger partial charge < -0.3 is 14.4 Å². The number of alkyl halides is 3. The summed E-state index contributed by atoms with van der Waals surface area (Å²) < 4.78 is 49.3. The number of aromatic nitrogens is 1. The summed E-state index contributed by atoms with van der Waals surface area (Å²) in [6.07, 6.45) is -5.20. The Balaban J connectivity index is 2.30. The number of carboxylic acid groups (broad SMARTS) is 1. The highest BCUT2D eigenvalue weighted by Gasteiger charge is 2.51. The van der Waals surface area contributed by atoms with E-state index >= 15 is 0 Å². The number of hydrogen-bond donors (Lipinski definition) is 1. The number of hydrogen-bond acceptors (Lipinski definition) is 4. The molecule has 1 aromatic rings. The molecule has 0 bridgehead atoms. The van der Waals surface area contributed by atoms with E-state index in [1.807, 2.05) is 27.7 Å². The molecule has 0 aromatic carbocycles. The van der Waals surface area contributed by atoms with Crippen molar-refractivity contribution in [3.05, 3.63) is 18.3 Å². The van der Waals surface area contributed by atoms with E-state index in [9.17, 15) is 18.0 Å². The largest absolute Gasteiger partial charge is 0.495 e. The number of rotatable bonds is 3. The molecule has 1 saturated heterocycles. The first-order valence-electron chi connectivity index (χ1n) is 7.21. The lowest BCUT2D eigenvalue weighted by Gasteiger charge is -2.32. The van der Waals surface area contributed by atoms with Crippen LogP contribution in [0.2, 0.25) is 0 Å². The van der Waals surface area contributed by atoms with Crippen molar-refractivity contribution in [2.24, 2.45) is 0 Å². The Morgan fingerprint density at radius 3 is 2.29 bits per heavy atom. The smallest absolute Gasteiger partial charge is 0.465 e. The number of halogens is 3. The lowest BCUT2D eigenvalue weighted by atomic mass is 9.79. The molecule has 0 atom stereocenters. The summed E-state index contributed by atoms with van der Waals surface area (Å²) in [5.74, 6) is -0.341. The molecule has 132 valence electrons. The van der Waals surface area contributed by atoms with Gasteiger partial charge in [-0.25, -0.2) is 9.78 Å². The minimum Gasteiger partial charge on any atom is -0.465 e. The maximum atomic E-state index is 12.6. The summed E-state index contributed by atoms with van der Waals surface area (Å²) in [7, 11) is -0.821. The third-order valence-corrected chi connectivity index (χ3v) is 4.14. The second kappa shape index (κ2) is 5.93. The Morgan fingerprint density at radius 2 is 1.83 bits per heavy atom. The minimum atomic E-state index is -4.68. The molecule has 6 nitrogen and oxygen atoms in total. The fourth-order valence-corrected chi connectivity index (χ4v) is 2.13. The molecule has 0 radical (unpaired) electrons. The zero-order valence-corrected chi connectivity index (χ0v) is 13.7. The van der Waals surface area contributed by atoms with Crippen molar-refractivity contribution < 1.29 is 32.4 Å². The maximum absolute atomic E-state index is 12.6. The molecule has 1 N–H and O–H groups in total. The van der Waals surface area contributed by atoms with Crippen LogP contribution in [0.4, 0.5) is 23.8 Å². The van der Waals surface area contributed by atoms with Gasteiger partial charge in [0.2, 0.25) is 0 Å². The monoisotopic (exact) mass is 346 g/mol. The van der Waals surface area contributed by atoms with Crippen molar-refractivity contribution in [3.63, 3.8) is 0 Å². The molecule has 0 saturated carbocycles. The lowest BCUT2D eigenvalue weighted by Crippen LogP contribution is -2.41. The van der Waals surface area contributed by atoms with Gasteiger partial charge in [0.1, 0.15) is 12.4 Å². The van der Waals surface area contributed by atoms with Crippen LogP contribution in [0.5, 0.6) is 0 Å². The van der Waals surface area contributed by atoms with Gasteiger partial charge in [-0.1, -0.05) is 0 Å². The first-order chi connectivity index (χ1) is 10.8. The minimum absolute atomic E-state index is 0.134. The quantitative estimate of drug-likeness (QED) is 0.852. The standard InChI is InChI=1S/C14H18BF3N2O4/c1-12(2)13(3,4)24-15(23-12)9-5-6-19-10(7-9)20(11(21)22)8-14(16,17)18/h5-7H,8H2,1-4H3,(H,21,22). The highest BCUT2D eigenvalue weighted by atomic mass is 19.4. The van der Waals surface area contributed by atoms with Crippen LogP contribution in [-0.4, -0.2) is 47.2 Å². The van der Waals surface area contributed by atoms with Crippen LogP contribution in [0.25, 0.3) is 0 Å². The van der Waals surface area contributed by atoms with Crippen molar-refractivity contribution in [2.75, 3.05) is 11.4 Å². The highest BCUT2D eigenvalue weighted by Crippen LogP contribution is 2.36. The van der Waals surface area contributed by atoms with E-state index in [1.54, 1.807) is 0 Å². The van der Waals surface area contributed by atoms with Gasteiger partial charge in [-0.05, 0) is 45.3 Å². The van der Waals surface area contributed by atoms with Crippen molar-refractivity contribution in [3.8, 4) is 0 Å². The van der Waals surface area contributed by atoms with Gasteiger partial charge in [0.05, 0.1) is 11.2 Å². The van der Waals surface area contributed by atoms with Crippen molar-refractivity contribution >= 4 is 24.5 Å². The Morgan fingerprint density at radius 1 is 1.29 bits per heavy atom. The molecule has 1 fully saturated rings. The number of pyridine rings is 1. The Kier molecular flexibility index (Phi) is 4.58. The van der Waals surface area contributed by atoms with E-state index in [4.69, 9.17) is 14.4 Å². The lowest BCUT2D eigenvalue weighted by molar-refractivity contribution is -0.119. The third-order valence-electron chi connectivity index (χ3n) is 4.14. The topological polar surface area (TPSA) is 71.9 Å². The first kappa shape index (κ1) is 18.5. The molecule has 2 rings (SSSR count). The first-order valence-corrected chi connectivity index (χ1v) is 7.21. The predicted molar refractivity (Wildman–Crippen MR) is 81.4 cm³/mol. The molecule has 1 aliphatic rings. The van der Waals surface area contributed by atoms with Gasteiger partial charge in [0.25, 0.3) is 0 Å². The number of anilines is 1. The Labute approximate surface area is 137 Å². The molecule has 0 unspecified atom stereocenters. The third kappa shape index (κ3) is 3.81. The summed E-state index contributed by atoms with van der Waals surface area (Å²) in [5, 5.41) is 9.04. The summed E-state index contributed by atoms with van der Waals surface area (Å²) >= 11 is 0. The van der Waals surface area contributed by atoms with E-state index in [0.29, 0.717) is 5.46 Å². The molecule has 0 spiro atoms. The SMILES string of the molecule is CC1(C)OB(c2ccnc(N(CC(F)(F)F)C(=O)O)c2)OC1(C)C. The molecule has 0 aliphatic carbocycles. The summed E-state index contributed by atoms with van der Waals surface area (Å²) in [5.41, 5.74) is -0.855. The number of nitrogens with zero attached hydrogens (tertiary/aromatic N) is 2. The van der Waals surface area contributed by atoms with Crippen molar-refractivity contribution in [1.29, 1.82) is 0 Å². The molecular formula is C14H18BF3N2O4. The van der Waals surface area contributed by atoms with Crippen LogP contribution in [0, 0.1) is 0 Å². The fraction of sp³-hybridized carbons (Fsp3) is 0.571. The van der Waals surface area contributed by atoms with Crippen LogP contribution >= 0.6 is 0 Å². The van der Waals surface area contributed by atoms with Crippen LogP contribution in [0.1, 0.15) is 27.7 Å². The Hall–Kier alpha value is -1.81. The van der Waals surface area contributed by atoms with Gasteiger partial charge in [0, 0.05) is 6.20 Å². The average Bonchev–Trinajstić information content (AvgIpc) is 2.64. The highest BCUT2D eigenvalue weighted by molar-refractivity contribution is 6.62. The average molecular weight is 346 g/mol. The number of carbonyl (C=O) groups is 1. The fourth-order valence-electron chi connectivity index (χ4n) is 2.13. The molecule has 2 heterocycles. The van der Waals surface area contributed by atoms with Gasteiger partial charge in [-0.15, -0.1) is 0 Å². The second-order valence-electron chi connectivity index (χ2n) is 6.52. The molecule has 1 amide bonds. The van der Waals surface area contributed by atoms with Crippen LogP contribution in [0.15, 0.2) is 18.3 Å². The van der Waals surface area contributed by atoms with E-state index in [-0.39, 0.29) is 10.7 Å². The molecular weight excluding hydrogens is 328 g/mol. The predicted octanol–water partition coefficient (Wildman–Crippen LogP) is 2.43. The summed E-state index contributed by atoms with van der Waals surface area (Å²) in [4.78, 5) is 15.0. The maximum Gasteiger partial charge on any atom is 0.495 e. The zero-order valence-electron chi connectivity index (χ0n) is 13.7. The Bertz CT molecular complexity index is 621. The molecule has 24 heavy (non-hydrogen) atoms.